The van der Waals surface area contributed by atoms with Crippen LogP contribution in [0.2, 0.25) is 0 Å². The van der Waals surface area contributed by atoms with E-state index in [1.54, 1.807) is 17.4 Å². The summed E-state index contributed by atoms with van der Waals surface area (Å²) in [5, 5.41) is 0.672. The number of aromatic amines is 1. The van der Waals surface area contributed by atoms with Gasteiger partial charge in [-0.15, -0.1) is 11.3 Å². The number of benzene rings is 1. The second-order valence-electron chi connectivity index (χ2n) is 5.70. The molecule has 0 saturated heterocycles. The molecular formula is C17H14F2N2O3S. The first-order chi connectivity index (χ1) is 12.1. The molecule has 0 unspecified atom stereocenters. The average Bonchev–Trinajstić information content (AvgIpc) is 3.15. The minimum absolute atomic E-state index is 0.0697. The van der Waals surface area contributed by atoms with E-state index in [2.05, 4.69) is 14.7 Å². The number of thiophene rings is 1. The van der Waals surface area contributed by atoms with Gasteiger partial charge in [0.15, 0.2) is 11.5 Å². The van der Waals surface area contributed by atoms with Gasteiger partial charge in [-0.05, 0) is 43.0 Å². The maximum atomic E-state index is 12.5. The van der Waals surface area contributed by atoms with Gasteiger partial charge in [0.25, 0.3) is 5.56 Å². The molecule has 0 aliphatic heterocycles. The van der Waals surface area contributed by atoms with Crippen molar-refractivity contribution in [3.63, 3.8) is 0 Å². The van der Waals surface area contributed by atoms with Crippen LogP contribution in [0.4, 0.5) is 8.78 Å². The maximum Gasteiger partial charge on any atom is 0.387 e. The molecule has 25 heavy (non-hydrogen) atoms. The summed E-state index contributed by atoms with van der Waals surface area (Å²) in [6.45, 7) is -2.94. The minimum atomic E-state index is -2.94. The molecule has 1 N–H and O–H groups in total. The Morgan fingerprint density at radius 3 is 2.88 bits per heavy atom. The third-order valence-electron chi connectivity index (χ3n) is 4.23. The van der Waals surface area contributed by atoms with Crippen molar-refractivity contribution >= 4 is 21.6 Å². The molecule has 0 atom stereocenters. The van der Waals surface area contributed by atoms with Crippen LogP contribution in [0.25, 0.3) is 21.6 Å². The Bertz CT molecular complexity index is 1010. The highest BCUT2D eigenvalue weighted by Crippen LogP contribution is 2.36. The van der Waals surface area contributed by atoms with Gasteiger partial charge in [-0.1, -0.05) is 0 Å². The quantitative estimate of drug-likeness (QED) is 0.766. The predicted molar refractivity (Wildman–Crippen MR) is 90.9 cm³/mol. The lowest BCUT2D eigenvalue weighted by atomic mass is 10.1. The van der Waals surface area contributed by atoms with Crippen molar-refractivity contribution in [2.24, 2.45) is 0 Å². The van der Waals surface area contributed by atoms with E-state index in [1.165, 1.54) is 24.1 Å². The van der Waals surface area contributed by atoms with E-state index in [4.69, 9.17) is 4.74 Å². The number of aromatic nitrogens is 2. The highest BCUT2D eigenvalue weighted by molar-refractivity contribution is 7.18. The van der Waals surface area contributed by atoms with E-state index >= 15 is 0 Å². The van der Waals surface area contributed by atoms with Crippen LogP contribution in [-0.4, -0.2) is 23.7 Å². The number of halogens is 2. The Morgan fingerprint density at radius 2 is 2.12 bits per heavy atom. The molecule has 0 amide bonds. The van der Waals surface area contributed by atoms with Crippen LogP contribution in [0, 0.1) is 0 Å². The van der Waals surface area contributed by atoms with Crippen molar-refractivity contribution < 1.29 is 18.3 Å². The summed E-state index contributed by atoms with van der Waals surface area (Å²) >= 11 is 1.54. The number of alkyl halides is 2. The van der Waals surface area contributed by atoms with E-state index in [-0.39, 0.29) is 17.1 Å². The summed E-state index contributed by atoms with van der Waals surface area (Å²) in [5.41, 5.74) is 1.50. The summed E-state index contributed by atoms with van der Waals surface area (Å²) in [5.74, 6) is 0.452. The summed E-state index contributed by atoms with van der Waals surface area (Å²) in [6.07, 6.45) is 2.96. The van der Waals surface area contributed by atoms with Crippen molar-refractivity contribution in [1.82, 2.24) is 9.97 Å². The molecular weight excluding hydrogens is 350 g/mol. The van der Waals surface area contributed by atoms with Gasteiger partial charge in [-0.25, -0.2) is 4.98 Å². The second-order valence-corrected chi connectivity index (χ2v) is 6.78. The van der Waals surface area contributed by atoms with E-state index < -0.39 is 6.61 Å². The van der Waals surface area contributed by atoms with Crippen molar-refractivity contribution in [1.29, 1.82) is 0 Å². The monoisotopic (exact) mass is 364 g/mol. The molecule has 0 saturated carbocycles. The lowest BCUT2D eigenvalue weighted by molar-refractivity contribution is -0.0512. The molecule has 130 valence electrons. The number of methoxy groups -OCH3 is 1. The highest BCUT2D eigenvalue weighted by Gasteiger charge is 2.21. The molecule has 0 spiro atoms. The van der Waals surface area contributed by atoms with E-state index in [1.807, 2.05) is 0 Å². The molecule has 4 rings (SSSR count). The second kappa shape index (κ2) is 6.11. The molecule has 1 aliphatic rings. The van der Waals surface area contributed by atoms with Crippen LogP contribution in [0.1, 0.15) is 16.9 Å². The van der Waals surface area contributed by atoms with E-state index in [0.29, 0.717) is 21.6 Å². The number of fused-ring (bicyclic) bond motifs is 3. The first-order valence-corrected chi connectivity index (χ1v) is 8.56. The fourth-order valence-corrected chi connectivity index (χ4v) is 4.41. The molecule has 8 heteroatoms. The SMILES string of the molecule is COc1cc(-c2nc3sc4c(c3c(=O)[nH]2)CCC4)ccc1OC(F)F. The molecule has 1 aromatic carbocycles. The van der Waals surface area contributed by atoms with Crippen molar-refractivity contribution in [3.05, 3.63) is 39.0 Å². The zero-order valence-corrected chi connectivity index (χ0v) is 14.1. The van der Waals surface area contributed by atoms with Gasteiger partial charge in [-0.3, -0.25) is 4.79 Å². The molecule has 2 heterocycles. The molecule has 1 aliphatic carbocycles. The number of nitrogens with one attached hydrogen (secondary N) is 1. The fourth-order valence-electron chi connectivity index (χ4n) is 3.15. The summed E-state index contributed by atoms with van der Waals surface area (Å²) < 4.78 is 34.4. The maximum absolute atomic E-state index is 12.5. The minimum Gasteiger partial charge on any atom is -0.493 e. The van der Waals surface area contributed by atoms with Crippen LogP contribution in [0.15, 0.2) is 23.0 Å². The zero-order valence-electron chi connectivity index (χ0n) is 13.3. The van der Waals surface area contributed by atoms with Crippen molar-refractivity contribution in [2.45, 2.75) is 25.9 Å². The molecule has 0 bridgehead atoms. The Balaban J connectivity index is 1.81. The number of H-pyrrole nitrogens is 1. The smallest absolute Gasteiger partial charge is 0.387 e. The van der Waals surface area contributed by atoms with Gasteiger partial charge >= 0.3 is 6.61 Å². The normalized spacial score (nSPS) is 13.4. The topological polar surface area (TPSA) is 64.2 Å². The molecule has 5 nitrogen and oxygen atoms in total. The van der Waals surface area contributed by atoms with Crippen LogP contribution < -0.4 is 15.0 Å². The Labute approximate surface area is 145 Å². The fraction of sp³-hybridized carbons (Fsp3) is 0.294. The predicted octanol–water partition coefficient (Wildman–Crippen LogP) is 3.75. The largest absolute Gasteiger partial charge is 0.493 e. The van der Waals surface area contributed by atoms with Crippen molar-refractivity contribution in [3.8, 4) is 22.9 Å². The number of hydrogen-bond acceptors (Lipinski definition) is 5. The van der Waals surface area contributed by atoms with Gasteiger partial charge in [0.2, 0.25) is 0 Å². The van der Waals surface area contributed by atoms with Crippen LogP contribution >= 0.6 is 11.3 Å². The number of ether oxygens (including phenoxy) is 2. The lowest BCUT2D eigenvalue weighted by Gasteiger charge is -2.11. The number of aryl methyl sites for hydroxylation is 2. The van der Waals surface area contributed by atoms with E-state index in [0.717, 1.165) is 24.8 Å². The summed E-state index contributed by atoms with van der Waals surface area (Å²) in [6, 6.07) is 4.45. The van der Waals surface area contributed by atoms with Crippen LogP contribution in [0.3, 0.4) is 0 Å². The van der Waals surface area contributed by atoms with Crippen molar-refractivity contribution in [2.75, 3.05) is 7.11 Å². The third kappa shape index (κ3) is 2.76. The standard InChI is InChI=1S/C17H14F2N2O3S/c1-23-11-7-8(5-6-10(11)24-17(18)19)14-20-15(22)13-9-3-2-4-12(9)25-16(13)21-14/h5-7,17H,2-4H2,1H3,(H,20,21,22). The third-order valence-corrected chi connectivity index (χ3v) is 5.41. The van der Waals surface area contributed by atoms with E-state index in [9.17, 15) is 13.6 Å². The van der Waals surface area contributed by atoms with Gasteiger partial charge < -0.3 is 14.5 Å². The van der Waals surface area contributed by atoms with Gasteiger partial charge in [0.1, 0.15) is 10.7 Å². The van der Waals surface area contributed by atoms with Crippen LogP contribution in [-0.2, 0) is 12.8 Å². The lowest BCUT2D eigenvalue weighted by Crippen LogP contribution is -2.10. The zero-order chi connectivity index (χ0) is 17.6. The van der Waals surface area contributed by atoms with Crippen LogP contribution in [0.5, 0.6) is 11.5 Å². The number of hydrogen-bond donors (Lipinski definition) is 1. The highest BCUT2D eigenvalue weighted by atomic mass is 32.1. The average molecular weight is 364 g/mol. The first kappa shape index (κ1) is 16.0. The number of nitrogens with zero attached hydrogens (tertiary/aromatic N) is 1. The first-order valence-electron chi connectivity index (χ1n) is 7.74. The van der Waals surface area contributed by atoms with Gasteiger partial charge in [0.05, 0.1) is 12.5 Å². The molecule has 2 aromatic heterocycles. The Kier molecular flexibility index (Phi) is 3.91. The molecule has 3 aromatic rings. The molecule has 0 radical (unpaired) electrons. The molecule has 0 fully saturated rings. The Morgan fingerprint density at radius 1 is 1.28 bits per heavy atom. The van der Waals surface area contributed by atoms with Gasteiger partial charge in [-0.2, -0.15) is 8.78 Å². The summed E-state index contributed by atoms with van der Waals surface area (Å²) in [7, 11) is 1.36. The van der Waals surface area contributed by atoms with Gasteiger partial charge in [0, 0.05) is 10.4 Å². The number of rotatable bonds is 4. The summed E-state index contributed by atoms with van der Waals surface area (Å²) in [4.78, 5) is 21.8. The Hall–Kier alpha value is -2.48.